The van der Waals surface area contributed by atoms with Gasteiger partial charge in [-0.25, -0.2) is 0 Å². The maximum absolute atomic E-state index is 13.4. The molecule has 36 heavy (non-hydrogen) atoms. The molecule has 2 aromatic rings. The smallest absolute Gasteiger partial charge is 0.261 e. The first-order chi connectivity index (χ1) is 16.9. The van der Waals surface area contributed by atoms with E-state index in [1.54, 1.807) is 42.5 Å². The number of benzene rings is 2. The van der Waals surface area contributed by atoms with Gasteiger partial charge in [-0.2, -0.15) is 0 Å². The minimum Gasteiger partial charge on any atom is -0.350 e. The van der Waals surface area contributed by atoms with Gasteiger partial charge in [0.05, 0.1) is 11.1 Å². The second-order valence-corrected chi connectivity index (χ2v) is 10.7. The lowest BCUT2D eigenvalue weighted by Crippen LogP contribution is -2.53. The summed E-state index contributed by atoms with van der Waals surface area (Å²) in [5.74, 6) is -1.25. The van der Waals surface area contributed by atoms with Gasteiger partial charge in [-0.1, -0.05) is 48.3 Å². The van der Waals surface area contributed by atoms with Crippen LogP contribution in [0.1, 0.15) is 73.2 Å². The Kier molecular flexibility index (Phi) is 8.80. The van der Waals surface area contributed by atoms with E-state index >= 15 is 0 Å². The van der Waals surface area contributed by atoms with E-state index in [-0.39, 0.29) is 49.6 Å². The average Bonchev–Trinajstić information content (AvgIpc) is 3.04. The Hall–Kier alpha value is -2.90. The van der Waals surface area contributed by atoms with E-state index in [1.165, 1.54) is 9.80 Å². The van der Waals surface area contributed by atoms with Gasteiger partial charge in [0, 0.05) is 35.1 Å². The maximum Gasteiger partial charge on any atom is 0.261 e. The van der Waals surface area contributed by atoms with Gasteiger partial charge < -0.3 is 10.2 Å². The molecule has 0 aliphatic carbocycles. The number of rotatable bonds is 9. The first-order valence-electron chi connectivity index (χ1n) is 11.9. The van der Waals surface area contributed by atoms with Crippen molar-refractivity contribution in [1.82, 2.24) is 15.1 Å². The Morgan fingerprint density at radius 2 is 1.64 bits per heavy atom. The fourth-order valence-corrected chi connectivity index (χ4v) is 4.65. The summed E-state index contributed by atoms with van der Waals surface area (Å²) in [5, 5.41) is 3.83. The summed E-state index contributed by atoms with van der Waals surface area (Å²) < 4.78 is 0. The minimum atomic E-state index is -0.720. The molecule has 1 N–H and O–H groups in total. The molecular formula is C27H31Cl2N3O4. The summed E-state index contributed by atoms with van der Waals surface area (Å²) in [5.41, 5.74) is 0.940. The van der Waals surface area contributed by atoms with Crippen molar-refractivity contribution >= 4 is 46.8 Å². The Morgan fingerprint density at radius 3 is 2.17 bits per heavy atom. The van der Waals surface area contributed by atoms with E-state index in [1.807, 2.05) is 27.7 Å². The molecule has 3 rings (SSSR count). The molecule has 192 valence electrons. The number of halogens is 2. The molecule has 2 aromatic carbocycles. The van der Waals surface area contributed by atoms with Gasteiger partial charge in [0.2, 0.25) is 11.8 Å². The molecule has 1 atom stereocenters. The molecule has 0 radical (unpaired) electrons. The van der Waals surface area contributed by atoms with Crippen molar-refractivity contribution in [3.05, 3.63) is 69.2 Å². The van der Waals surface area contributed by atoms with Crippen molar-refractivity contribution in [1.29, 1.82) is 0 Å². The molecule has 0 fully saturated rings. The Bertz CT molecular complexity index is 1140. The average molecular weight is 532 g/mol. The predicted molar refractivity (Wildman–Crippen MR) is 140 cm³/mol. The van der Waals surface area contributed by atoms with Gasteiger partial charge in [0.1, 0.15) is 6.04 Å². The summed E-state index contributed by atoms with van der Waals surface area (Å²) in [7, 11) is 0. The number of nitrogens with one attached hydrogen (secondary N) is 1. The van der Waals surface area contributed by atoms with Gasteiger partial charge in [0.15, 0.2) is 0 Å². The Morgan fingerprint density at radius 1 is 1.03 bits per heavy atom. The monoisotopic (exact) mass is 531 g/mol. The molecule has 0 unspecified atom stereocenters. The van der Waals surface area contributed by atoms with E-state index in [2.05, 4.69) is 5.32 Å². The highest BCUT2D eigenvalue weighted by atomic mass is 35.5. The van der Waals surface area contributed by atoms with Gasteiger partial charge in [-0.3, -0.25) is 24.1 Å². The molecule has 1 aliphatic rings. The van der Waals surface area contributed by atoms with Gasteiger partial charge in [-0.05, 0) is 63.4 Å². The van der Waals surface area contributed by atoms with Gasteiger partial charge in [0.25, 0.3) is 11.8 Å². The quantitative estimate of drug-likeness (QED) is 0.456. The second kappa shape index (κ2) is 11.4. The highest BCUT2D eigenvalue weighted by molar-refractivity contribution is 6.35. The van der Waals surface area contributed by atoms with Crippen molar-refractivity contribution in [2.45, 2.75) is 65.1 Å². The van der Waals surface area contributed by atoms with E-state index in [9.17, 15) is 19.2 Å². The standard InChI is InChI=1S/C27H31Cl2N3O4/c1-5-22(24(34)30-27(2,3)4)32(16-17-12-13-18(28)15-21(17)29)23(33)11-8-14-31-25(35)19-9-6-7-10-20(19)26(31)36/h6-7,9-10,12-13,15,22H,5,8,11,14,16H2,1-4H3,(H,30,34)/t22-/m0/s1. The molecule has 1 heterocycles. The van der Waals surface area contributed by atoms with E-state index in [4.69, 9.17) is 23.2 Å². The third-order valence-corrected chi connectivity index (χ3v) is 6.48. The van der Waals surface area contributed by atoms with Crippen LogP contribution in [0, 0.1) is 0 Å². The highest BCUT2D eigenvalue weighted by Crippen LogP contribution is 2.25. The maximum atomic E-state index is 13.4. The van der Waals surface area contributed by atoms with Crippen LogP contribution < -0.4 is 5.32 Å². The Labute approximate surface area is 221 Å². The van der Waals surface area contributed by atoms with Crippen LogP contribution >= 0.6 is 23.2 Å². The number of hydrogen-bond donors (Lipinski definition) is 1. The lowest BCUT2D eigenvalue weighted by atomic mass is 10.0. The van der Waals surface area contributed by atoms with Crippen molar-refractivity contribution < 1.29 is 19.2 Å². The fraction of sp³-hybridized carbons (Fsp3) is 0.407. The molecular weight excluding hydrogens is 501 g/mol. The normalized spacial score (nSPS) is 14.0. The number of fused-ring (bicyclic) bond motifs is 1. The lowest BCUT2D eigenvalue weighted by Gasteiger charge is -2.33. The predicted octanol–water partition coefficient (Wildman–Crippen LogP) is 5.09. The fourth-order valence-electron chi connectivity index (χ4n) is 4.18. The van der Waals surface area contributed by atoms with E-state index in [0.717, 1.165) is 0 Å². The number of nitrogens with zero attached hydrogens (tertiary/aromatic N) is 2. The third kappa shape index (κ3) is 6.45. The summed E-state index contributed by atoms with van der Waals surface area (Å²) in [4.78, 5) is 54.5. The van der Waals surface area contributed by atoms with Crippen LogP contribution in [0.5, 0.6) is 0 Å². The van der Waals surface area contributed by atoms with Gasteiger partial charge >= 0.3 is 0 Å². The molecule has 7 nitrogen and oxygen atoms in total. The number of amides is 4. The molecule has 9 heteroatoms. The van der Waals surface area contributed by atoms with Crippen molar-refractivity contribution in [2.24, 2.45) is 0 Å². The zero-order chi connectivity index (χ0) is 26.6. The van der Waals surface area contributed by atoms with Crippen LogP contribution in [-0.2, 0) is 16.1 Å². The highest BCUT2D eigenvalue weighted by Gasteiger charge is 2.35. The first-order valence-corrected chi connectivity index (χ1v) is 12.7. The molecule has 0 saturated heterocycles. The summed E-state index contributed by atoms with van der Waals surface area (Å²) in [6.07, 6.45) is 0.724. The minimum absolute atomic E-state index is 0.0535. The molecule has 0 spiro atoms. The van der Waals surface area contributed by atoms with Crippen molar-refractivity contribution in [2.75, 3.05) is 6.54 Å². The zero-order valence-electron chi connectivity index (χ0n) is 20.9. The van der Waals surface area contributed by atoms with Crippen LogP contribution in [0.25, 0.3) is 0 Å². The summed E-state index contributed by atoms with van der Waals surface area (Å²) in [6, 6.07) is 11.0. The molecule has 4 amide bonds. The third-order valence-electron chi connectivity index (χ3n) is 5.89. The van der Waals surface area contributed by atoms with Crippen LogP contribution in [0.3, 0.4) is 0 Å². The largest absolute Gasteiger partial charge is 0.350 e. The van der Waals surface area contributed by atoms with Crippen LogP contribution in [-0.4, -0.2) is 51.6 Å². The number of carbonyl (C=O) groups excluding carboxylic acids is 4. The van der Waals surface area contributed by atoms with Crippen LogP contribution in [0.15, 0.2) is 42.5 Å². The topological polar surface area (TPSA) is 86.8 Å². The number of carbonyl (C=O) groups is 4. The van der Waals surface area contributed by atoms with Crippen molar-refractivity contribution in [3.8, 4) is 0 Å². The molecule has 1 aliphatic heterocycles. The summed E-state index contributed by atoms with van der Waals surface area (Å²) in [6.45, 7) is 7.71. The van der Waals surface area contributed by atoms with Crippen LogP contribution in [0.2, 0.25) is 10.0 Å². The van der Waals surface area contributed by atoms with E-state index in [0.29, 0.717) is 33.2 Å². The zero-order valence-corrected chi connectivity index (χ0v) is 22.4. The summed E-state index contributed by atoms with van der Waals surface area (Å²) >= 11 is 12.4. The first kappa shape index (κ1) is 27.7. The number of imide groups is 1. The molecule has 0 aromatic heterocycles. The van der Waals surface area contributed by atoms with Gasteiger partial charge in [-0.15, -0.1) is 0 Å². The number of hydrogen-bond acceptors (Lipinski definition) is 4. The molecule has 0 bridgehead atoms. The van der Waals surface area contributed by atoms with E-state index < -0.39 is 11.6 Å². The van der Waals surface area contributed by atoms with Crippen molar-refractivity contribution in [3.63, 3.8) is 0 Å². The second-order valence-electron chi connectivity index (χ2n) is 9.83. The van der Waals surface area contributed by atoms with Crippen LogP contribution in [0.4, 0.5) is 0 Å². The Balaban J connectivity index is 1.75. The molecule has 0 saturated carbocycles. The SMILES string of the molecule is CC[C@@H](C(=O)NC(C)(C)C)N(Cc1ccc(Cl)cc1Cl)C(=O)CCCN1C(=O)c2ccccc2C1=O. The lowest BCUT2D eigenvalue weighted by molar-refractivity contribution is -0.142.